The first-order valence-corrected chi connectivity index (χ1v) is 3.04. The molecule has 0 saturated carbocycles. The van der Waals surface area contributed by atoms with Gasteiger partial charge in [0.25, 0.3) is 0 Å². The van der Waals surface area contributed by atoms with Crippen LogP contribution in [-0.4, -0.2) is 16.4 Å². The second-order valence-corrected chi connectivity index (χ2v) is 1.86. The topological polar surface area (TPSA) is 56.2 Å². The summed E-state index contributed by atoms with van der Waals surface area (Å²) < 4.78 is 0. The molecule has 56 valence electrons. The lowest BCUT2D eigenvalue weighted by atomic mass is 10.3. The maximum Gasteiger partial charge on any atom is 0.0427 e. The fraction of sp³-hybridized carbons (Fsp3) is 0.125. The quantitative estimate of drug-likeness (QED) is 0.383. The van der Waals surface area contributed by atoms with E-state index in [4.69, 9.17) is 5.11 Å². The van der Waals surface area contributed by atoms with Gasteiger partial charge in [-0.25, -0.2) is 0 Å². The summed E-state index contributed by atoms with van der Waals surface area (Å²) in [6.45, 7) is 0. The van der Waals surface area contributed by atoms with E-state index in [1.54, 1.807) is 24.5 Å². The molecule has 1 N–H and O–H groups in total. The number of aromatic nitrogens is 1. The molecule has 0 aliphatic heterocycles. The molecule has 0 aromatic carbocycles. The summed E-state index contributed by atoms with van der Waals surface area (Å²) in [5.41, 5.74) is 0.676. The molecule has 1 atom stereocenters. The first-order valence-electron chi connectivity index (χ1n) is 3.04. The Hall–Kier alpha value is -1.37. The van der Waals surface area contributed by atoms with Crippen LogP contribution < -0.4 is 5.11 Å². The second-order valence-electron chi connectivity index (χ2n) is 1.86. The number of rotatable bonds is 0. The molecule has 0 aliphatic carbocycles. The molecule has 1 rings (SSSR count). The van der Waals surface area contributed by atoms with E-state index in [9.17, 15) is 5.11 Å². The van der Waals surface area contributed by atoms with Crippen LogP contribution in [0.4, 0.5) is 0 Å². The van der Waals surface area contributed by atoms with Crippen molar-refractivity contribution in [3.63, 3.8) is 0 Å². The van der Waals surface area contributed by atoms with Crippen LogP contribution in [0.3, 0.4) is 0 Å². The van der Waals surface area contributed by atoms with Crippen LogP contribution in [0.25, 0.3) is 0 Å². The third kappa shape index (κ3) is 2.80. The summed E-state index contributed by atoms with van der Waals surface area (Å²) in [7, 11) is 0. The van der Waals surface area contributed by atoms with E-state index in [-0.39, 0.29) is 0 Å². The van der Waals surface area contributed by atoms with Crippen molar-refractivity contribution >= 4 is 0 Å². The van der Waals surface area contributed by atoms with Gasteiger partial charge in [0, 0.05) is 24.2 Å². The summed E-state index contributed by atoms with van der Waals surface area (Å²) in [5, 5.41) is 18.3. The molecule has 0 spiro atoms. The van der Waals surface area contributed by atoms with Gasteiger partial charge in [-0.3, -0.25) is 4.98 Å². The van der Waals surface area contributed by atoms with Crippen molar-refractivity contribution in [2.45, 2.75) is 6.29 Å². The minimum absolute atomic E-state index is 0.676. The van der Waals surface area contributed by atoms with E-state index >= 15 is 0 Å². The normalized spacial score (nSPS) is 11.5. The van der Waals surface area contributed by atoms with Crippen molar-refractivity contribution in [2.24, 2.45) is 0 Å². The fourth-order valence-electron chi connectivity index (χ4n) is 0.580. The highest BCUT2D eigenvalue weighted by molar-refractivity contribution is 5.32. The molecule has 1 unspecified atom stereocenters. The van der Waals surface area contributed by atoms with E-state index in [0.717, 1.165) is 0 Å². The third-order valence-corrected chi connectivity index (χ3v) is 1.02. The molecule has 0 radical (unpaired) electrons. The molecule has 0 fully saturated rings. The first kappa shape index (κ1) is 7.73. The molecule has 3 heteroatoms. The molecule has 3 nitrogen and oxygen atoms in total. The van der Waals surface area contributed by atoms with Crippen molar-refractivity contribution in [1.82, 2.24) is 4.98 Å². The first-order chi connectivity index (χ1) is 5.29. The molecule has 0 aliphatic rings. The predicted molar refractivity (Wildman–Crippen MR) is 37.1 cm³/mol. The maximum absolute atomic E-state index is 10.1. The van der Waals surface area contributed by atoms with Crippen LogP contribution in [-0.2, 0) is 0 Å². The molecular formula is C8H6NO2-. The Bertz CT molecular complexity index is 271. The van der Waals surface area contributed by atoms with E-state index in [1.807, 2.05) is 0 Å². The molecule has 1 aromatic heterocycles. The van der Waals surface area contributed by atoms with Crippen LogP contribution in [0.2, 0.25) is 0 Å². The minimum atomic E-state index is -1.82. The van der Waals surface area contributed by atoms with Gasteiger partial charge < -0.3 is 10.2 Å². The Morgan fingerprint density at radius 2 is 2.09 bits per heavy atom. The maximum atomic E-state index is 10.1. The van der Waals surface area contributed by atoms with Gasteiger partial charge in [0.2, 0.25) is 0 Å². The molecule has 1 heterocycles. The molecule has 0 bridgehead atoms. The number of nitrogens with zero attached hydrogens (tertiary/aromatic N) is 1. The van der Waals surface area contributed by atoms with Crippen molar-refractivity contribution in [2.75, 3.05) is 0 Å². The van der Waals surface area contributed by atoms with Crippen LogP contribution in [0, 0.1) is 11.8 Å². The van der Waals surface area contributed by atoms with Crippen molar-refractivity contribution in [1.29, 1.82) is 0 Å². The number of hydrogen-bond donors (Lipinski definition) is 1. The molecule has 0 saturated heterocycles. The lowest BCUT2D eigenvalue weighted by molar-refractivity contribution is -0.459. The van der Waals surface area contributed by atoms with Crippen molar-refractivity contribution < 1.29 is 10.2 Å². The monoisotopic (exact) mass is 148 g/mol. The molecule has 11 heavy (non-hydrogen) atoms. The highest BCUT2D eigenvalue weighted by Gasteiger charge is 1.81. The predicted octanol–water partition coefficient (Wildman–Crippen LogP) is -0.888. The largest absolute Gasteiger partial charge is 0.821 e. The Balaban J connectivity index is 2.75. The van der Waals surface area contributed by atoms with Crippen LogP contribution in [0.5, 0.6) is 0 Å². The van der Waals surface area contributed by atoms with Gasteiger partial charge in [-0.05, 0) is 12.1 Å². The van der Waals surface area contributed by atoms with Gasteiger partial charge in [0.1, 0.15) is 0 Å². The van der Waals surface area contributed by atoms with Crippen LogP contribution in [0.1, 0.15) is 5.56 Å². The van der Waals surface area contributed by atoms with Gasteiger partial charge in [-0.15, -0.1) is 0 Å². The zero-order chi connectivity index (χ0) is 8.10. The average Bonchev–Trinajstić information content (AvgIpc) is 2.03. The van der Waals surface area contributed by atoms with Gasteiger partial charge >= 0.3 is 0 Å². The molecule has 1 aromatic rings. The lowest BCUT2D eigenvalue weighted by Gasteiger charge is -2.02. The Morgan fingerprint density at radius 1 is 1.45 bits per heavy atom. The number of hydrogen-bond acceptors (Lipinski definition) is 3. The Morgan fingerprint density at radius 3 is 2.64 bits per heavy atom. The summed E-state index contributed by atoms with van der Waals surface area (Å²) in [6.07, 6.45) is 1.32. The summed E-state index contributed by atoms with van der Waals surface area (Å²) in [6, 6.07) is 3.32. The van der Waals surface area contributed by atoms with E-state index in [1.165, 1.54) is 0 Å². The standard InChI is InChI=1S/C8H6NO2/c10-8(11)2-1-7-3-5-9-6-4-7/h3-6,8,10H/q-1. The number of aliphatic hydroxyl groups is 1. The highest BCUT2D eigenvalue weighted by atomic mass is 16.5. The smallest absolute Gasteiger partial charge is 0.0427 e. The SMILES string of the molecule is [O-]C(O)C#Cc1ccncc1. The van der Waals surface area contributed by atoms with E-state index in [0.29, 0.717) is 5.56 Å². The van der Waals surface area contributed by atoms with Gasteiger partial charge in [-0.1, -0.05) is 11.8 Å². The Labute approximate surface area is 64.3 Å². The summed E-state index contributed by atoms with van der Waals surface area (Å²) >= 11 is 0. The molecule has 0 amide bonds. The number of aliphatic hydroxyl groups excluding tert-OH is 1. The Kier molecular flexibility index (Phi) is 2.61. The second kappa shape index (κ2) is 3.71. The minimum Gasteiger partial charge on any atom is -0.821 e. The van der Waals surface area contributed by atoms with Gasteiger partial charge in [-0.2, -0.15) is 0 Å². The van der Waals surface area contributed by atoms with E-state index in [2.05, 4.69) is 16.8 Å². The average molecular weight is 148 g/mol. The van der Waals surface area contributed by atoms with Gasteiger partial charge in [0.05, 0.1) is 0 Å². The number of pyridine rings is 1. The zero-order valence-electron chi connectivity index (χ0n) is 5.69. The third-order valence-electron chi connectivity index (χ3n) is 1.02. The van der Waals surface area contributed by atoms with Gasteiger partial charge in [0.15, 0.2) is 0 Å². The van der Waals surface area contributed by atoms with Crippen molar-refractivity contribution in [3.05, 3.63) is 30.1 Å². The summed E-state index contributed by atoms with van der Waals surface area (Å²) in [5.74, 6) is 4.58. The summed E-state index contributed by atoms with van der Waals surface area (Å²) in [4.78, 5) is 3.76. The lowest BCUT2D eigenvalue weighted by Crippen LogP contribution is -2.21. The van der Waals surface area contributed by atoms with E-state index < -0.39 is 6.29 Å². The fourth-order valence-corrected chi connectivity index (χ4v) is 0.580. The highest BCUT2D eigenvalue weighted by Crippen LogP contribution is 1.91. The molecular weight excluding hydrogens is 142 g/mol. The van der Waals surface area contributed by atoms with Crippen LogP contribution >= 0.6 is 0 Å². The van der Waals surface area contributed by atoms with Crippen LogP contribution in [0.15, 0.2) is 24.5 Å². The van der Waals surface area contributed by atoms with Crippen molar-refractivity contribution in [3.8, 4) is 11.8 Å². The zero-order valence-corrected chi connectivity index (χ0v) is 5.69.